The minimum Gasteiger partial charge on any atom is -0.497 e. The second-order valence-corrected chi connectivity index (χ2v) is 7.32. The van der Waals surface area contributed by atoms with E-state index in [4.69, 9.17) is 9.47 Å². The average molecular weight is 346 g/mol. The number of hydrogen-bond acceptors (Lipinski definition) is 4. The third-order valence-corrected chi connectivity index (χ3v) is 5.51. The van der Waals surface area contributed by atoms with Crippen LogP contribution in [-0.2, 0) is 4.79 Å². The highest BCUT2D eigenvalue weighted by atomic mass is 16.5. The number of hydrogen-bond donors (Lipinski definition) is 0. The van der Waals surface area contributed by atoms with Crippen molar-refractivity contribution in [3.05, 3.63) is 23.8 Å². The Labute approximate surface area is 150 Å². The van der Waals surface area contributed by atoms with Gasteiger partial charge in [-0.05, 0) is 56.3 Å². The van der Waals surface area contributed by atoms with Gasteiger partial charge in [0, 0.05) is 24.7 Å². The summed E-state index contributed by atoms with van der Waals surface area (Å²) in [7, 11) is 3.38. The van der Waals surface area contributed by atoms with Crippen molar-refractivity contribution in [1.82, 2.24) is 9.80 Å². The van der Waals surface area contributed by atoms with Crippen molar-refractivity contribution in [3.63, 3.8) is 0 Å². The first-order chi connectivity index (χ1) is 12.1. The van der Waals surface area contributed by atoms with Crippen LogP contribution in [0.25, 0.3) is 0 Å². The van der Waals surface area contributed by atoms with E-state index in [-0.39, 0.29) is 11.9 Å². The average Bonchev–Trinajstić information content (AvgIpc) is 3.09. The van der Waals surface area contributed by atoms with Gasteiger partial charge < -0.3 is 14.4 Å². The zero-order chi connectivity index (χ0) is 17.8. The lowest BCUT2D eigenvalue weighted by Gasteiger charge is -2.33. The standard InChI is InChI=1S/C20H30N2O3/c1-15-6-4-11-22(13-15)20(23)14-21-10-5-7-18(21)17-12-16(24-2)8-9-19(17)25-3/h8-9,12,15,18H,4-7,10-11,13-14H2,1-3H3. The fourth-order valence-electron chi connectivity index (χ4n) is 4.16. The maximum Gasteiger partial charge on any atom is 0.236 e. The van der Waals surface area contributed by atoms with Crippen molar-refractivity contribution in [2.45, 2.75) is 38.6 Å². The number of ether oxygens (including phenoxy) is 2. The molecule has 1 aromatic carbocycles. The number of benzene rings is 1. The molecule has 5 nitrogen and oxygen atoms in total. The van der Waals surface area contributed by atoms with E-state index < -0.39 is 0 Å². The summed E-state index contributed by atoms with van der Waals surface area (Å²) in [6.45, 7) is 5.50. The van der Waals surface area contributed by atoms with E-state index >= 15 is 0 Å². The lowest BCUT2D eigenvalue weighted by Crippen LogP contribution is -2.44. The molecule has 2 saturated heterocycles. The molecule has 3 rings (SSSR count). The molecule has 0 aromatic heterocycles. The van der Waals surface area contributed by atoms with Crippen LogP contribution >= 0.6 is 0 Å². The molecule has 2 atom stereocenters. The van der Waals surface area contributed by atoms with Crippen LogP contribution < -0.4 is 9.47 Å². The molecule has 2 aliphatic heterocycles. The van der Waals surface area contributed by atoms with Crippen LogP contribution in [0.5, 0.6) is 11.5 Å². The van der Waals surface area contributed by atoms with E-state index in [9.17, 15) is 4.79 Å². The van der Waals surface area contributed by atoms with Gasteiger partial charge in [-0.1, -0.05) is 6.92 Å². The lowest BCUT2D eigenvalue weighted by atomic mass is 10.00. The predicted octanol–water partition coefficient (Wildman–Crippen LogP) is 3.10. The lowest BCUT2D eigenvalue weighted by molar-refractivity contribution is -0.134. The zero-order valence-corrected chi connectivity index (χ0v) is 15.7. The monoisotopic (exact) mass is 346 g/mol. The van der Waals surface area contributed by atoms with Crippen LogP contribution in [0.4, 0.5) is 0 Å². The molecule has 2 fully saturated rings. The van der Waals surface area contributed by atoms with Crippen LogP contribution in [0.1, 0.15) is 44.2 Å². The van der Waals surface area contributed by atoms with Gasteiger partial charge in [-0.2, -0.15) is 0 Å². The molecule has 2 heterocycles. The Balaban J connectivity index is 1.73. The molecule has 1 amide bonds. The first-order valence-electron chi connectivity index (χ1n) is 9.36. The van der Waals surface area contributed by atoms with Crippen LogP contribution in [0.2, 0.25) is 0 Å². The molecule has 2 aliphatic rings. The maximum absolute atomic E-state index is 12.8. The highest BCUT2D eigenvalue weighted by Crippen LogP contribution is 2.38. The van der Waals surface area contributed by atoms with Gasteiger partial charge in [0.1, 0.15) is 11.5 Å². The number of carbonyl (C=O) groups is 1. The Morgan fingerprint density at radius 3 is 2.68 bits per heavy atom. The molecule has 2 unspecified atom stereocenters. The Morgan fingerprint density at radius 2 is 1.96 bits per heavy atom. The molecule has 1 aromatic rings. The maximum atomic E-state index is 12.8. The quantitative estimate of drug-likeness (QED) is 0.822. The summed E-state index contributed by atoms with van der Waals surface area (Å²) in [5, 5.41) is 0. The van der Waals surface area contributed by atoms with Gasteiger partial charge >= 0.3 is 0 Å². The molecule has 0 radical (unpaired) electrons. The molecule has 0 N–H and O–H groups in total. The van der Waals surface area contributed by atoms with E-state index in [1.54, 1.807) is 14.2 Å². The van der Waals surface area contributed by atoms with Crippen molar-refractivity contribution in [3.8, 4) is 11.5 Å². The van der Waals surface area contributed by atoms with Gasteiger partial charge in [-0.25, -0.2) is 0 Å². The number of carbonyl (C=O) groups excluding carboxylic acids is 1. The molecule has 25 heavy (non-hydrogen) atoms. The minimum absolute atomic E-state index is 0.219. The number of methoxy groups -OCH3 is 2. The summed E-state index contributed by atoms with van der Waals surface area (Å²) in [6, 6.07) is 6.15. The van der Waals surface area contributed by atoms with Gasteiger partial charge in [-0.15, -0.1) is 0 Å². The third-order valence-electron chi connectivity index (χ3n) is 5.51. The molecule has 5 heteroatoms. The van der Waals surface area contributed by atoms with Gasteiger partial charge in [-0.3, -0.25) is 9.69 Å². The summed E-state index contributed by atoms with van der Waals surface area (Å²) in [6.07, 6.45) is 4.51. The summed E-state index contributed by atoms with van der Waals surface area (Å²) < 4.78 is 11.0. The van der Waals surface area contributed by atoms with E-state index in [0.29, 0.717) is 12.5 Å². The highest BCUT2D eigenvalue weighted by Gasteiger charge is 2.32. The Bertz CT molecular complexity index is 605. The van der Waals surface area contributed by atoms with E-state index in [1.165, 1.54) is 6.42 Å². The van der Waals surface area contributed by atoms with Crippen LogP contribution in [0.3, 0.4) is 0 Å². The van der Waals surface area contributed by atoms with Crippen molar-refractivity contribution < 1.29 is 14.3 Å². The Morgan fingerprint density at radius 1 is 1.16 bits per heavy atom. The minimum atomic E-state index is 0.219. The van der Waals surface area contributed by atoms with Gasteiger partial charge in [0.05, 0.1) is 20.8 Å². The van der Waals surface area contributed by atoms with Crippen LogP contribution in [0, 0.1) is 5.92 Å². The first-order valence-corrected chi connectivity index (χ1v) is 9.36. The van der Waals surface area contributed by atoms with Gasteiger partial charge in [0.25, 0.3) is 0 Å². The summed E-state index contributed by atoms with van der Waals surface area (Å²) in [5.41, 5.74) is 1.12. The van der Waals surface area contributed by atoms with Crippen molar-refractivity contribution in [1.29, 1.82) is 0 Å². The van der Waals surface area contributed by atoms with E-state index in [0.717, 1.165) is 56.0 Å². The zero-order valence-electron chi connectivity index (χ0n) is 15.7. The molecular weight excluding hydrogens is 316 g/mol. The van der Waals surface area contributed by atoms with E-state index in [2.05, 4.69) is 17.9 Å². The van der Waals surface area contributed by atoms with Crippen molar-refractivity contribution in [2.75, 3.05) is 40.4 Å². The second-order valence-electron chi connectivity index (χ2n) is 7.32. The first kappa shape index (κ1) is 18.1. The SMILES string of the molecule is COc1ccc(OC)c(C2CCCN2CC(=O)N2CCCC(C)C2)c1. The van der Waals surface area contributed by atoms with Crippen LogP contribution in [0.15, 0.2) is 18.2 Å². The molecule has 138 valence electrons. The smallest absolute Gasteiger partial charge is 0.236 e. The van der Waals surface area contributed by atoms with Crippen LogP contribution in [-0.4, -0.2) is 56.1 Å². The van der Waals surface area contributed by atoms with Crippen molar-refractivity contribution >= 4 is 5.91 Å². The Hall–Kier alpha value is -1.75. The van der Waals surface area contributed by atoms with Gasteiger partial charge in [0.2, 0.25) is 5.91 Å². The van der Waals surface area contributed by atoms with E-state index in [1.807, 2.05) is 17.0 Å². The molecule has 0 bridgehead atoms. The molecular formula is C20H30N2O3. The summed E-state index contributed by atoms with van der Waals surface area (Å²) in [5.74, 6) is 2.58. The molecule has 0 aliphatic carbocycles. The third kappa shape index (κ3) is 4.09. The number of likely N-dealkylation sites (tertiary alicyclic amines) is 2. The normalized spacial score (nSPS) is 24.4. The summed E-state index contributed by atoms with van der Waals surface area (Å²) in [4.78, 5) is 17.1. The largest absolute Gasteiger partial charge is 0.497 e. The number of nitrogens with zero attached hydrogens (tertiary/aromatic N) is 2. The number of rotatable bonds is 5. The van der Waals surface area contributed by atoms with Crippen molar-refractivity contribution in [2.24, 2.45) is 5.92 Å². The highest BCUT2D eigenvalue weighted by molar-refractivity contribution is 5.78. The number of amides is 1. The fraction of sp³-hybridized carbons (Fsp3) is 0.650. The predicted molar refractivity (Wildman–Crippen MR) is 98.1 cm³/mol. The Kier molecular flexibility index (Phi) is 5.84. The fourth-order valence-corrected chi connectivity index (χ4v) is 4.16. The summed E-state index contributed by atoms with van der Waals surface area (Å²) >= 11 is 0. The number of piperidine rings is 1. The molecule has 0 saturated carbocycles. The topological polar surface area (TPSA) is 42.0 Å². The van der Waals surface area contributed by atoms with Gasteiger partial charge in [0.15, 0.2) is 0 Å². The molecule has 0 spiro atoms. The second kappa shape index (κ2) is 8.09.